The van der Waals surface area contributed by atoms with E-state index in [4.69, 9.17) is 0 Å². The summed E-state index contributed by atoms with van der Waals surface area (Å²) >= 11 is 1.91. The number of aldehydes is 1. The summed E-state index contributed by atoms with van der Waals surface area (Å²) in [5.41, 5.74) is 0.782. The van der Waals surface area contributed by atoms with Crippen LogP contribution in [0.4, 0.5) is 0 Å². The lowest BCUT2D eigenvalue weighted by Crippen LogP contribution is -2.20. The Bertz CT molecular complexity index is 359. The first-order valence-corrected chi connectivity index (χ1v) is 6.79. The number of benzene rings is 1. The van der Waals surface area contributed by atoms with Gasteiger partial charge in [0.05, 0.1) is 0 Å². The van der Waals surface area contributed by atoms with Gasteiger partial charge in [0, 0.05) is 11.5 Å². The molecule has 0 saturated carbocycles. The highest BCUT2D eigenvalue weighted by Gasteiger charge is 2.26. The molecule has 3 heteroatoms. The van der Waals surface area contributed by atoms with E-state index in [1.807, 2.05) is 23.9 Å². The minimum Gasteiger partial charge on any atom is -0.508 e. The molecule has 0 amide bonds. The van der Waals surface area contributed by atoms with Crippen LogP contribution in [0.5, 0.6) is 5.75 Å². The SMILES string of the molecule is O=CC(c1ccccc1O)C1CCCSC1. The van der Waals surface area contributed by atoms with E-state index in [1.54, 1.807) is 12.1 Å². The van der Waals surface area contributed by atoms with Crippen LogP contribution in [0.15, 0.2) is 24.3 Å². The molecule has 2 unspecified atom stereocenters. The zero-order valence-electron chi connectivity index (χ0n) is 9.13. The third kappa shape index (κ3) is 2.40. The number of aromatic hydroxyl groups is 1. The van der Waals surface area contributed by atoms with Gasteiger partial charge in [0.1, 0.15) is 12.0 Å². The van der Waals surface area contributed by atoms with Crippen molar-refractivity contribution in [3.63, 3.8) is 0 Å². The van der Waals surface area contributed by atoms with E-state index < -0.39 is 0 Å². The molecule has 0 bridgehead atoms. The number of carbonyl (C=O) groups is 1. The summed E-state index contributed by atoms with van der Waals surface area (Å²) < 4.78 is 0. The highest BCUT2D eigenvalue weighted by Crippen LogP contribution is 2.36. The summed E-state index contributed by atoms with van der Waals surface area (Å²) in [6.07, 6.45) is 3.25. The first kappa shape index (κ1) is 11.5. The Hall–Kier alpha value is -0.960. The molecule has 2 nitrogen and oxygen atoms in total. The molecule has 1 saturated heterocycles. The summed E-state index contributed by atoms with van der Waals surface area (Å²) in [5.74, 6) is 2.70. The van der Waals surface area contributed by atoms with Gasteiger partial charge in [-0.25, -0.2) is 0 Å². The van der Waals surface area contributed by atoms with E-state index in [-0.39, 0.29) is 11.7 Å². The third-order valence-electron chi connectivity index (χ3n) is 3.15. The standard InChI is InChI=1S/C13H16O2S/c14-8-12(10-4-3-7-16-9-10)11-5-1-2-6-13(11)15/h1-2,5-6,8,10,12,15H,3-4,7,9H2. The Balaban J connectivity index is 2.21. The fourth-order valence-corrected chi connectivity index (χ4v) is 3.47. The van der Waals surface area contributed by atoms with Crippen LogP contribution in [0, 0.1) is 5.92 Å². The summed E-state index contributed by atoms with van der Waals surface area (Å²) in [4.78, 5) is 11.2. The Morgan fingerprint density at radius 3 is 2.88 bits per heavy atom. The average Bonchev–Trinajstić information content (AvgIpc) is 2.34. The molecule has 1 aromatic carbocycles. The lowest BCUT2D eigenvalue weighted by atomic mass is 9.85. The van der Waals surface area contributed by atoms with Gasteiger partial charge in [0.25, 0.3) is 0 Å². The molecule has 0 spiro atoms. The van der Waals surface area contributed by atoms with Crippen LogP contribution >= 0.6 is 11.8 Å². The quantitative estimate of drug-likeness (QED) is 0.820. The Morgan fingerprint density at radius 1 is 1.44 bits per heavy atom. The van der Waals surface area contributed by atoms with Gasteiger partial charge in [0.15, 0.2) is 0 Å². The van der Waals surface area contributed by atoms with E-state index in [9.17, 15) is 9.90 Å². The number of phenolic OH excluding ortho intramolecular Hbond substituents is 1. The highest BCUT2D eigenvalue weighted by molar-refractivity contribution is 7.99. The predicted octanol–water partition coefficient (Wildman–Crippen LogP) is 2.82. The molecule has 0 aliphatic carbocycles. The van der Waals surface area contributed by atoms with Crippen molar-refractivity contribution in [2.75, 3.05) is 11.5 Å². The van der Waals surface area contributed by atoms with E-state index in [0.717, 1.165) is 24.0 Å². The first-order chi connectivity index (χ1) is 7.83. The maximum absolute atomic E-state index is 11.2. The van der Waals surface area contributed by atoms with Crippen molar-refractivity contribution in [1.82, 2.24) is 0 Å². The minimum atomic E-state index is -0.144. The van der Waals surface area contributed by atoms with Crippen LogP contribution in [0.25, 0.3) is 0 Å². The van der Waals surface area contributed by atoms with Crippen LogP contribution in [-0.2, 0) is 4.79 Å². The predicted molar refractivity (Wildman–Crippen MR) is 67.0 cm³/mol. The summed E-state index contributed by atoms with van der Waals surface area (Å²) in [6, 6.07) is 7.17. The normalized spacial score (nSPS) is 22.6. The van der Waals surface area contributed by atoms with E-state index in [0.29, 0.717) is 5.92 Å². The first-order valence-electron chi connectivity index (χ1n) is 5.64. The lowest BCUT2D eigenvalue weighted by Gasteiger charge is -2.26. The smallest absolute Gasteiger partial charge is 0.127 e. The molecule has 0 aromatic heterocycles. The van der Waals surface area contributed by atoms with Gasteiger partial charge in [-0.15, -0.1) is 0 Å². The topological polar surface area (TPSA) is 37.3 Å². The van der Waals surface area contributed by atoms with Crippen molar-refractivity contribution < 1.29 is 9.90 Å². The van der Waals surface area contributed by atoms with E-state index >= 15 is 0 Å². The van der Waals surface area contributed by atoms with E-state index in [2.05, 4.69) is 0 Å². The molecule has 86 valence electrons. The van der Waals surface area contributed by atoms with Gasteiger partial charge in [-0.2, -0.15) is 11.8 Å². The molecular formula is C13H16O2S. The Morgan fingerprint density at radius 2 is 2.25 bits per heavy atom. The Kier molecular flexibility index (Phi) is 3.88. The number of para-hydroxylation sites is 1. The number of phenols is 1. The van der Waals surface area contributed by atoms with Crippen LogP contribution in [0.3, 0.4) is 0 Å². The zero-order valence-corrected chi connectivity index (χ0v) is 9.95. The van der Waals surface area contributed by atoms with Crippen molar-refractivity contribution in [1.29, 1.82) is 0 Å². The largest absolute Gasteiger partial charge is 0.508 e. The van der Waals surface area contributed by atoms with Crippen molar-refractivity contribution in [2.45, 2.75) is 18.8 Å². The average molecular weight is 236 g/mol. The number of thioether (sulfide) groups is 1. The van der Waals surface area contributed by atoms with Gasteiger partial charge in [-0.1, -0.05) is 18.2 Å². The van der Waals surface area contributed by atoms with E-state index in [1.165, 1.54) is 12.2 Å². The summed E-state index contributed by atoms with van der Waals surface area (Å²) in [5, 5.41) is 9.78. The second-order valence-corrected chi connectivity index (χ2v) is 5.35. The van der Waals surface area contributed by atoms with Gasteiger partial charge < -0.3 is 9.90 Å². The molecule has 2 atom stereocenters. The Labute approximate surface area is 100 Å². The molecule has 2 rings (SSSR count). The molecule has 0 radical (unpaired) electrons. The monoisotopic (exact) mass is 236 g/mol. The summed E-state index contributed by atoms with van der Waals surface area (Å²) in [6.45, 7) is 0. The molecule has 1 N–H and O–H groups in total. The number of rotatable bonds is 3. The zero-order chi connectivity index (χ0) is 11.4. The second kappa shape index (κ2) is 5.39. The van der Waals surface area contributed by atoms with Gasteiger partial charge >= 0.3 is 0 Å². The van der Waals surface area contributed by atoms with Gasteiger partial charge in [0.2, 0.25) is 0 Å². The molecular weight excluding hydrogens is 220 g/mol. The maximum atomic E-state index is 11.2. The van der Waals surface area contributed by atoms with Crippen LogP contribution in [0.2, 0.25) is 0 Å². The van der Waals surface area contributed by atoms with Crippen molar-refractivity contribution in [2.24, 2.45) is 5.92 Å². The van der Waals surface area contributed by atoms with Crippen molar-refractivity contribution in [3.8, 4) is 5.75 Å². The van der Waals surface area contributed by atoms with Crippen molar-refractivity contribution in [3.05, 3.63) is 29.8 Å². The molecule has 1 aliphatic rings. The summed E-state index contributed by atoms with van der Waals surface area (Å²) in [7, 11) is 0. The number of hydrogen-bond acceptors (Lipinski definition) is 3. The molecule has 1 fully saturated rings. The fraction of sp³-hybridized carbons (Fsp3) is 0.462. The molecule has 1 aliphatic heterocycles. The third-order valence-corrected chi connectivity index (χ3v) is 4.39. The highest BCUT2D eigenvalue weighted by atomic mass is 32.2. The minimum absolute atomic E-state index is 0.144. The van der Waals surface area contributed by atoms with Gasteiger partial charge in [-0.05, 0) is 36.3 Å². The molecule has 1 heterocycles. The maximum Gasteiger partial charge on any atom is 0.127 e. The second-order valence-electron chi connectivity index (χ2n) is 4.20. The number of carbonyl (C=O) groups excluding carboxylic acids is 1. The lowest BCUT2D eigenvalue weighted by molar-refractivity contribution is -0.110. The molecule has 16 heavy (non-hydrogen) atoms. The molecule has 1 aromatic rings. The van der Waals surface area contributed by atoms with Crippen LogP contribution in [0.1, 0.15) is 24.3 Å². The fourth-order valence-electron chi connectivity index (χ4n) is 2.26. The number of hydrogen-bond donors (Lipinski definition) is 1. The van der Waals surface area contributed by atoms with Crippen LogP contribution < -0.4 is 0 Å². The van der Waals surface area contributed by atoms with Crippen LogP contribution in [-0.4, -0.2) is 22.9 Å². The van der Waals surface area contributed by atoms with Gasteiger partial charge in [-0.3, -0.25) is 0 Å². The van der Waals surface area contributed by atoms with Crippen molar-refractivity contribution >= 4 is 18.0 Å².